The Kier molecular flexibility index (Phi) is 11.5. The lowest BCUT2D eigenvalue weighted by Crippen LogP contribution is -2.52. The van der Waals surface area contributed by atoms with Crippen molar-refractivity contribution in [2.45, 2.75) is 64.6 Å². The Bertz CT molecular complexity index is 1520. The molecule has 1 N–H and O–H groups in total. The monoisotopic (exact) mass is 629 g/mol. The summed E-state index contributed by atoms with van der Waals surface area (Å²) >= 11 is 6.07. The molecule has 43 heavy (non-hydrogen) atoms. The van der Waals surface area contributed by atoms with Gasteiger partial charge in [0, 0.05) is 23.7 Å². The zero-order valence-electron chi connectivity index (χ0n) is 25.7. The molecule has 11 heteroatoms. The standard InChI is InChI=1S/C32H40ClN3O6S/c1-8-23(4)34-32(38)24(5)35(19-25-9-11-26(33)12-10-25)31(37)20-36(27-16-21(2)15-22(3)17-27)43(39,40)28-13-14-29(41-6)30(18-28)42-7/h9-18,23-24H,8,19-20H2,1-7H3,(H,34,38)/t23-,24-/m1/s1. The van der Waals surface area contributed by atoms with E-state index >= 15 is 0 Å². The molecule has 0 saturated heterocycles. The lowest BCUT2D eigenvalue weighted by molar-refractivity contribution is -0.139. The molecule has 2 amide bonds. The maximum absolute atomic E-state index is 14.2. The van der Waals surface area contributed by atoms with Gasteiger partial charge < -0.3 is 19.7 Å². The third-order valence-electron chi connectivity index (χ3n) is 7.15. The molecule has 0 fully saturated rings. The minimum absolute atomic E-state index is 0.0716. The van der Waals surface area contributed by atoms with Gasteiger partial charge in [0.15, 0.2) is 11.5 Å². The molecule has 0 heterocycles. The van der Waals surface area contributed by atoms with Crippen molar-refractivity contribution >= 4 is 39.1 Å². The highest BCUT2D eigenvalue weighted by Crippen LogP contribution is 2.33. The smallest absolute Gasteiger partial charge is 0.264 e. The number of benzene rings is 3. The van der Waals surface area contributed by atoms with Crippen molar-refractivity contribution in [2.24, 2.45) is 0 Å². The van der Waals surface area contributed by atoms with Crippen LogP contribution in [0.4, 0.5) is 5.69 Å². The van der Waals surface area contributed by atoms with E-state index in [0.717, 1.165) is 21.0 Å². The number of rotatable bonds is 13. The molecule has 0 aliphatic carbocycles. The number of halogens is 1. The van der Waals surface area contributed by atoms with Crippen LogP contribution in [-0.4, -0.2) is 58.0 Å². The van der Waals surface area contributed by atoms with E-state index in [4.69, 9.17) is 21.1 Å². The zero-order valence-corrected chi connectivity index (χ0v) is 27.3. The first-order chi connectivity index (χ1) is 20.3. The van der Waals surface area contributed by atoms with Gasteiger partial charge >= 0.3 is 0 Å². The quantitative estimate of drug-likeness (QED) is 0.268. The van der Waals surface area contributed by atoms with Crippen LogP contribution in [0.2, 0.25) is 5.02 Å². The van der Waals surface area contributed by atoms with Gasteiger partial charge in [0.05, 0.1) is 24.8 Å². The third-order valence-corrected chi connectivity index (χ3v) is 9.17. The number of carbonyl (C=O) groups excluding carboxylic acids is 2. The summed E-state index contributed by atoms with van der Waals surface area (Å²) in [6, 6.07) is 15.6. The first-order valence-electron chi connectivity index (χ1n) is 14.0. The summed E-state index contributed by atoms with van der Waals surface area (Å²) in [7, 11) is -1.41. The third kappa shape index (κ3) is 8.42. The van der Waals surface area contributed by atoms with Crippen LogP contribution in [0.1, 0.15) is 43.9 Å². The zero-order chi connectivity index (χ0) is 31.9. The largest absolute Gasteiger partial charge is 0.493 e. The normalized spacial score (nSPS) is 12.7. The van der Waals surface area contributed by atoms with Gasteiger partial charge in [-0.2, -0.15) is 0 Å². The van der Waals surface area contributed by atoms with E-state index < -0.39 is 28.5 Å². The second-order valence-corrected chi connectivity index (χ2v) is 12.8. The SMILES string of the molecule is CC[C@@H](C)NC(=O)[C@@H](C)N(Cc1ccc(Cl)cc1)C(=O)CN(c1cc(C)cc(C)c1)S(=O)(=O)c1ccc(OC)c(OC)c1. The molecular weight excluding hydrogens is 590 g/mol. The van der Waals surface area contributed by atoms with Crippen molar-refractivity contribution in [3.8, 4) is 11.5 Å². The van der Waals surface area contributed by atoms with E-state index in [1.807, 2.05) is 33.8 Å². The fourth-order valence-corrected chi connectivity index (χ4v) is 6.10. The number of nitrogens with zero attached hydrogens (tertiary/aromatic N) is 2. The number of methoxy groups -OCH3 is 2. The average molecular weight is 630 g/mol. The molecule has 0 aliphatic heterocycles. The maximum atomic E-state index is 14.2. The number of anilines is 1. The summed E-state index contributed by atoms with van der Waals surface area (Å²) in [6.07, 6.45) is 0.716. The van der Waals surface area contributed by atoms with Crippen LogP contribution in [0.15, 0.2) is 65.6 Å². The Morgan fingerprint density at radius 3 is 2.07 bits per heavy atom. The highest BCUT2D eigenvalue weighted by molar-refractivity contribution is 7.92. The van der Waals surface area contributed by atoms with Crippen molar-refractivity contribution in [1.29, 1.82) is 0 Å². The van der Waals surface area contributed by atoms with Gasteiger partial charge in [0.2, 0.25) is 11.8 Å². The number of ether oxygens (including phenoxy) is 2. The van der Waals surface area contributed by atoms with E-state index in [9.17, 15) is 18.0 Å². The lowest BCUT2D eigenvalue weighted by atomic mass is 10.1. The van der Waals surface area contributed by atoms with Crippen molar-refractivity contribution in [2.75, 3.05) is 25.1 Å². The number of nitrogens with one attached hydrogen (secondary N) is 1. The molecule has 2 atom stereocenters. The number of aryl methyl sites for hydroxylation is 2. The minimum atomic E-state index is -4.29. The molecular formula is C32H40ClN3O6S. The van der Waals surface area contributed by atoms with Crippen LogP contribution in [0, 0.1) is 13.8 Å². The number of hydrogen-bond acceptors (Lipinski definition) is 6. The summed E-state index contributed by atoms with van der Waals surface area (Å²) in [5, 5.41) is 3.46. The Morgan fingerprint density at radius 2 is 1.51 bits per heavy atom. The second kappa shape index (κ2) is 14.6. The summed E-state index contributed by atoms with van der Waals surface area (Å²) in [5.41, 5.74) is 2.72. The van der Waals surface area contributed by atoms with Crippen molar-refractivity contribution in [3.05, 3.63) is 82.4 Å². The molecule has 0 unspecified atom stereocenters. The summed E-state index contributed by atoms with van der Waals surface area (Å²) in [5.74, 6) is -0.289. The topological polar surface area (TPSA) is 105 Å². The molecule has 0 aromatic heterocycles. The van der Waals surface area contributed by atoms with Gasteiger partial charge in [0.1, 0.15) is 12.6 Å². The molecule has 3 aromatic carbocycles. The summed E-state index contributed by atoms with van der Waals surface area (Å²) < 4.78 is 40.2. The van der Waals surface area contributed by atoms with Crippen molar-refractivity contribution in [1.82, 2.24) is 10.2 Å². The van der Waals surface area contributed by atoms with Gasteiger partial charge in [-0.05, 0) is 87.2 Å². The lowest BCUT2D eigenvalue weighted by Gasteiger charge is -2.32. The van der Waals surface area contributed by atoms with Gasteiger partial charge in [-0.15, -0.1) is 0 Å². The highest BCUT2D eigenvalue weighted by atomic mass is 35.5. The average Bonchev–Trinajstić information content (AvgIpc) is 2.97. The Morgan fingerprint density at radius 1 is 0.907 bits per heavy atom. The first kappa shape index (κ1) is 33.7. The van der Waals surface area contributed by atoms with E-state index in [-0.39, 0.29) is 29.1 Å². The van der Waals surface area contributed by atoms with E-state index in [1.54, 1.807) is 43.3 Å². The molecule has 0 spiro atoms. The predicted octanol–water partition coefficient (Wildman–Crippen LogP) is 5.50. The number of carbonyl (C=O) groups is 2. The van der Waals surface area contributed by atoms with Crippen LogP contribution in [0.25, 0.3) is 0 Å². The van der Waals surface area contributed by atoms with Crippen LogP contribution in [-0.2, 0) is 26.2 Å². The molecule has 0 bridgehead atoms. The highest BCUT2D eigenvalue weighted by Gasteiger charge is 2.33. The Hall–Kier alpha value is -3.76. The molecule has 9 nitrogen and oxygen atoms in total. The molecule has 3 aromatic rings. The molecule has 3 rings (SSSR count). The molecule has 0 saturated carbocycles. The number of sulfonamides is 1. The van der Waals surface area contributed by atoms with Crippen LogP contribution in [0.3, 0.4) is 0 Å². The van der Waals surface area contributed by atoms with Crippen molar-refractivity contribution in [3.63, 3.8) is 0 Å². The fourth-order valence-electron chi connectivity index (χ4n) is 4.56. The Balaban J connectivity index is 2.10. The molecule has 232 valence electrons. The van der Waals surface area contributed by atoms with Gasteiger partial charge in [0.25, 0.3) is 10.0 Å². The van der Waals surface area contributed by atoms with Gasteiger partial charge in [-0.1, -0.05) is 36.7 Å². The van der Waals surface area contributed by atoms with Gasteiger partial charge in [-0.25, -0.2) is 8.42 Å². The minimum Gasteiger partial charge on any atom is -0.493 e. The van der Waals surface area contributed by atoms with Crippen molar-refractivity contribution < 1.29 is 27.5 Å². The number of hydrogen-bond donors (Lipinski definition) is 1. The Labute approximate surface area is 259 Å². The molecule has 0 radical (unpaired) electrons. The van der Waals surface area contributed by atoms with E-state index in [1.165, 1.54) is 37.3 Å². The second-order valence-electron chi connectivity index (χ2n) is 10.5. The van der Waals surface area contributed by atoms with E-state index in [2.05, 4.69) is 5.32 Å². The van der Waals surface area contributed by atoms with Crippen LogP contribution in [0.5, 0.6) is 11.5 Å². The van der Waals surface area contributed by atoms with E-state index in [0.29, 0.717) is 22.9 Å². The van der Waals surface area contributed by atoms with Gasteiger partial charge in [-0.3, -0.25) is 13.9 Å². The predicted molar refractivity (Wildman–Crippen MR) is 169 cm³/mol. The number of amides is 2. The first-order valence-corrected chi connectivity index (χ1v) is 15.8. The fraction of sp³-hybridized carbons (Fsp3) is 0.375. The summed E-state index contributed by atoms with van der Waals surface area (Å²) in [6.45, 7) is 8.70. The molecule has 0 aliphatic rings. The summed E-state index contributed by atoms with van der Waals surface area (Å²) in [4.78, 5) is 28.7. The maximum Gasteiger partial charge on any atom is 0.264 e. The van der Waals surface area contributed by atoms with Crippen LogP contribution >= 0.6 is 11.6 Å². The van der Waals surface area contributed by atoms with Crippen LogP contribution < -0.4 is 19.1 Å².